The molecule has 2 heterocycles. The van der Waals surface area contributed by atoms with Gasteiger partial charge in [-0.1, -0.05) is 17.7 Å². The predicted octanol–water partition coefficient (Wildman–Crippen LogP) is 2.94. The van der Waals surface area contributed by atoms with E-state index in [1.807, 2.05) is 18.2 Å². The minimum Gasteiger partial charge on any atom is -0.242 e. The fourth-order valence-corrected chi connectivity index (χ4v) is 1.68. The Morgan fingerprint density at radius 3 is 2.93 bits per heavy atom. The van der Waals surface area contributed by atoms with Crippen molar-refractivity contribution >= 4 is 35.0 Å². The summed E-state index contributed by atoms with van der Waals surface area (Å²) in [5, 5.41) is 0.778. The van der Waals surface area contributed by atoms with Gasteiger partial charge in [0.2, 0.25) is 0 Å². The fraction of sp³-hybridized carbons (Fsp3) is 0. The van der Waals surface area contributed by atoms with Gasteiger partial charge in [0.05, 0.1) is 12.4 Å². The van der Waals surface area contributed by atoms with E-state index in [9.17, 15) is 0 Å². The van der Waals surface area contributed by atoms with Crippen molar-refractivity contribution in [1.29, 1.82) is 0 Å². The van der Waals surface area contributed by atoms with Gasteiger partial charge >= 0.3 is 0 Å². The molecular weight excluding hydrogens is 218 g/mol. The van der Waals surface area contributed by atoms with Gasteiger partial charge in [0.15, 0.2) is 5.82 Å². The maximum atomic E-state index is 5.72. The minimum absolute atomic E-state index is 0.660. The number of hydrogen-bond donors (Lipinski definition) is 0. The molecule has 0 aliphatic heterocycles. The van der Waals surface area contributed by atoms with E-state index >= 15 is 0 Å². The summed E-state index contributed by atoms with van der Waals surface area (Å²) < 4.78 is 0.660. The smallest absolute Gasteiger partial charge is 0.151 e. The summed E-state index contributed by atoms with van der Waals surface area (Å²) in [5.74, 6) is 0.666. The fourth-order valence-electron chi connectivity index (χ4n) is 0.878. The Balaban J connectivity index is 2.15. The van der Waals surface area contributed by atoms with Crippen LogP contribution in [0.2, 0.25) is 4.34 Å². The average molecular weight is 224 g/mol. The molecule has 0 aliphatic rings. The Morgan fingerprint density at radius 2 is 2.29 bits per heavy atom. The molecule has 0 saturated carbocycles. The highest BCUT2D eigenvalue weighted by Gasteiger charge is 1.95. The topological polar surface area (TPSA) is 38.1 Å². The number of hydrogen-bond acceptors (Lipinski definition) is 4. The first-order valence-electron chi connectivity index (χ1n) is 3.91. The van der Waals surface area contributed by atoms with Crippen molar-refractivity contribution in [2.45, 2.75) is 0 Å². The number of aromatic nitrogens is 2. The average Bonchev–Trinajstić information content (AvgIpc) is 2.63. The van der Waals surface area contributed by atoms with E-state index in [0.717, 1.165) is 5.01 Å². The van der Waals surface area contributed by atoms with Crippen molar-refractivity contribution in [3.8, 4) is 0 Å². The first-order chi connectivity index (χ1) is 6.84. The van der Waals surface area contributed by atoms with Crippen LogP contribution in [0.4, 0.5) is 5.82 Å². The molecule has 0 radical (unpaired) electrons. The monoisotopic (exact) mass is 223 g/mol. The number of pyridine rings is 1. The summed E-state index contributed by atoms with van der Waals surface area (Å²) in [5.41, 5.74) is 0. The molecule has 0 unspecified atom stereocenters. The third-order valence-electron chi connectivity index (χ3n) is 1.45. The minimum atomic E-state index is 0.660. The molecule has 2 rings (SSSR count). The first-order valence-corrected chi connectivity index (χ1v) is 5.10. The molecule has 0 amide bonds. The van der Waals surface area contributed by atoms with Crippen LogP contribution in [0.15, 0.2) is 35.6 Å². The third-order valence-corrected chi connectivity index (χ3v) is 2.50. The zero-order valence-electron chi connectivity index (χ0n) is 7.09. The van der Waals surface area contributed by atoms with Crippen molar-refractivity contribution in [2.75, 3.05) is 0 Å². The summed E-state index contributed by atoms with van der Waals surface area (Å²) in [6, 6.07) is 5.56. The normalized spacial score (nSPS) is 10.9. The van der Waals surface area contributed by atoms with Crippen LogP contribution in [-0.2, 0) is 0 Å². The number of nitrogens with zero attached hydrogens (tertiary/aromatic N) is 3. The largest absolute Gasteiger partial charge is 0.242 e. The van der Waals surface area contributed by atoms with Gasteiger partial charge in [-0.05, 0) is 12.1 Å². The van der Waals surface area contributed by atoms with Gasteiger partial charge in [0.25, 0.3) is 0 Å². The van der Waals surface area contributed by atoms with E-state index in [1.54, 1.807) is 18.6 Å². The van der Waals surface area contributed by atoms with E-state index in [2.05, 4.69) is 15.0 Å². The van der Waals surface area contributed by atoms with Crippen LogP contribution in [0.3, 0.4) is 0 Å². The molecule has 5 heteroatoms. The second kappa shape index (κ2) is 4.30. The highest BCUT2D eigenvalue weighted by Crippen LogP contribution is 2.17. The van der Waals surface area contributed by atoms with Crippen molar-refractivity contribution in [3.05, 3.63) is 39.9 Å². The predicted molar refractivity (Wildman–Crippen MR) is 58.6 cm³/mol. The van der Waals surface area contributed by atoms with Gasteiger partial charge in [0.1, 0.15) is 9.34 Å². The van der Waals surface area contributed by atoms with Gasteiger partial charge in [-0.25, -0.2) is 15.0 Å². The van der Waals surface area contributed by atoms with E-state index < -0.39 is 0 Å². The summed E-state index contributed by atoms with van der Waals surface area (Å²) in [6.45, 7) is 0. The summed E-state index contributed by atoms with van der Waals surface area (Å²) in [6.07, 6.45) is 4.95. The van der Waals surface area contributed by atoms with Crippen molar-refractivity contribution in [2.24, 2.45) is 4.99 Å². The Kier molecular flexibility index (Phi) is 2.86. The summed E-state index contributed by atoms with van der Waals surface area (Å²) >= 11 is 7.11. The molecule has 14 heavy (non-hydrogen) atoms. The molecule has 3 nitrogen and oxygen atoms in total. The Labute approximate surface area is 90.1 Å². The zero-order chi connectivity index (χ0) is 9.80. The Hall–Kier alpha value is -1.26. The highest BCUT2D eigenvalue weighted by molar-refractivity contribution is 7.17. The maximum absolute atomic E-state index is 5.72. The second-order valence-electron chi connectivity index (χ2n) is 2.45. The molecule has 0 aromatic carbocycles. The van der Waals surface area contributed by atoms with E-state index in [4.69, 9.17) is 11.6 Å². The van der Waals surface area contributed by atoms with Gasteiger partial charge in [0, 0.05) is 6.20 Å². The van der Waals surface area contributed by atoms with E-state index in [1.165, 1.54) is 11.3 Å². The molecule has 0 bridgehead atoms. The van der Waals surface area contributed by atoms with Crippen LogP contribution in [0.1, 0.15) is 5.01 Å². The lowest BCUT2D eigenvalue weighted by molar-refractivity contribution is 1.28. The van der Waals surface area contributed by atoms with E-state index in [-0.39, 0.29) is 0 Å². The second-order valence-corrected chi connectivity index (χ2v) is 4.14. The molecular formula is C9H6ClN3S. The van der Waals surface area contributed by atoms with Gasteiger partial charge < -0.3 is 0 Å². The summed E-state index contributed by atoms with van der Waals surface area (Å²) in [4.78, 5) is 12.2. The van der Waals surface area contributed by atoms with Crippen LogP contribution in [0.5, 0.6) is 0 Å². The SMILES string of the molecule is Clc1cnc(/C=N/c2ccccn2)s1. The van der Waals surface area contributed by atoms with Gasteiger partial charge in [-0.15, -0.1) is 11.3 Å². The lowest BCUT2D eigenvalue weighted by atomic mass is 10.5. The van der Waals surface area contributed by atoms with Crippen LogP contribution in [0, 0.1) is 0 Å². The first kappa shape index (κ1) is 9.30. The molecule has 0 spiro atoms. The van der Waals surface area contributed by atoms with Gasteiger partial charge in [-0.2, -0.15) is 0 Å². The van der Waals surface area contributed by atoms with Crippen LogP contribution in [0.25, 0.3) is 0 Å². The number of aliphatic imine (C=N–C) groups is 1. The number of halogens is 1. The number of rotatable bonds is 2. The molecule has 2 aromatic rings. The van der Waals surface area contributed by atoms with Gasteiger partial charge in [-0.3, -0.25) is 0 Å². The third kappa shape index (κ3) is 2.37. The van der Waals surface area contributed by atoms with Crippen LogP contribution in [-0.4, -0.2) is 16.2 Å². The zero-order valence-corrected chi connectivity index (χ0v) is 8.66. The van der Waals surface area contributed by atoms with E-state index in [0.29, 0.717) is 10.2 Å². The molecule has 0 aliphatic carbocycles. The van der Waals surface area contributed by atoms with Crippen molar-refractivity contribution in [3.63, 3.8) is 0 Å². The quantitative estimate of drug-likeness (QED) is 0.735. The van der Waals surface area contributed by atoms with Crippen LogP contribution >= 0.6 is 22.9 Å². The molecule has 0 fully saturated rings. The molecule has 0 saturated heterocycles. The van der Waals surface area contributed by atoms with Crippen molar-refractivity contribution in [1.82, 2.24) is 9.97 Å². The molecule has 0 N–H and O–H groups in total. The van der Waals surface area contributed by atoms with Crippen molar-refractivity contribution < 1.29 is 0 Å². The maximum Gasteiger partial charge on any atom is 0.151 e. The molecule has 70 valence electrons. The lowest BCUT2D eigenvalue weighted by Crippen LogP contribution is -1.77. The Bertz CT molecular complexity index is 438. The standard InChI is InChI=1S/C9H6ClN3S/c10-7-5-13-9(14-7)6-12-8-3-1-2-4-11-8/h1-6H/b12-6+. The Morgan fingerprint density at radius 1 is 1.36 bits per heavy atom. The molecule has 2 aromatic heterocycles. The molecule has 0 atom stereocenters. The number of thiazole rings is 1. The summed E-state index contributed by atoms with van der Waals surface area (Å²) in [7, 11) is 0. The highest BCUT2D eigenvalue weighted by atomic mass is 35.5. The van der Waals surface area contributed by atoms with Crippen LogP contribution < -0.4 is 0 Å². The lowest BCUT2D eigenvalue weighted by Gasteiger charge is -1.87.